The number of likely N-dealkylation sites (tertiary alicyclic amines) is 4. The number of hydrogen-bond acceptors (Lipinski definition) is 12. The summed E-state index contributed by atoms with van der Waals surface area (Å²) in [4.78, 5) is 121. The molecular weight excluding hydrogens is 1950 g/mol. The molecule has 4 aromatic heterocycles. The minimum Gasteiger partial charge on any atom is -0.406 e. The number of alkyl halides is 6. The molecule has 4 aliphatic rings. The van der Waals surface area contributed by atoms with E-state index in [-0.39, 0.29) is 97.1 Å². The molecule has 137 heavy (non-hydrogen) atoms. The molecular formula is C103H102Cl8F6N8O11S. The third-order valence-electron chi connectivity index (χ3n) is 25.7. The minimum absolute atomic E-state index is 0.0241. The van der Waals surface area contributed by atoms with E-state index in [0.717, 1.165) is 66.1 Å². The second-order valence-corrected chi connectivity index (χ2v) is 39.7. The summed E-state index contributed by atoms with van der Waals surface area (Å²) in [6.45, 7) is 19.6. The molecule has 0 aliphatic carbocycles. The van der Waals surface area contributed by atoms with Crippen molar-refractivity contribution in [3.63, 3.8) is 0 Å². The number of aromatic nitrogens is 4. The van der Waals surface area contributed by atoms with Crippen molar-refractivity contribution in [2.24, 2.45) is 23.7 Å². The molecule has 0 N–H and O–H groups in total. The number of benzene rings is 8. The Kier molecular flexibility index (Phi) is 34.3. The van der Waals surface area contributed by atoms with Crippen LogP contribution >= 0.6 is 105 Å². The van der Waals surface area contributed by atoms with Crippen LogP contribution < -0.4 is 9.47 Å². The van der Waals surface area contributed by atoms with Gasteiger partial charge in [0, 0.05) is 172 Å². The van der Waals surface area contributed by atoms with Gasteiger partial charge in [0.25, 0.3) is 29.5 Å². The van der Waals surface area contributed by atoms with Crippen LogP contribution in [0.4, 0.5) is 26.3 Å². The molecule has 4 saturated heterocycles. The largest absolute Gasteiger partial charge is 0.573 e. The van der Waals surface area contributed by atoms with Crippen LogP contribution in [-0.4, -0.2) is 162 Å². The number of nitrogens with zero attached hydrogens (tertiary/aromatic N) is 8. The first kappa shape index (κ1) is 104. The second kappa shape index (κ2) is 45.1. The van der Waals surface area contributed by atoms with E-state index in [9.17, 15) is 69.5 Å². The van der Waals surface area contributed by atoms with Crippen LogP contribution in [0, 0.1) is 37.5 Å². The summed E-state index contributed by atoms with van der Waals surface area (Å²) in [5, 5.41) is 5.74. The number of halogens is 14. The molecule has 0 unspecified atom stereocenters. The number of piperidine rings is 4. The number of carbonyl (C=O) groups excluding carboxylic acids is 9. The summed E-state index contributed by atoms with van der Waals surface area (Å²) in [7, 11) is 0. The van der Waals surface area contributed by atoms with Crippen molar-refractivity contribution in [3.8, 4) is 11.5 Å². The van der Waals surface area contributed by atoms with Crippen LogP contribution in [0.1, 0.15) is 203 Å². The van der Waals surface area contributed by atoms with Gasteiger partial charge in [-0.15, -0.1) is 38.1 Å². The predicted molar refractivity (Wildman–Crippen MR) is 530 cm³/mol. The Balaban J connectivity index is 0.000000155. The fraction of sp³-hybridized carbons (Fsp3) is 0.369. The van der Waals surface area contributed by atoms with Crippen molar-refractivity contribution >= 4 is 201 Å². The predicted octanol–water partition coefficient (Wildman–Crippen LogP) is 26.8. The Morgan fingerprint density at radius 1 is 0.401 bits per heavy atom. The number of amides is 4. The van der Waals surface area contributed by atoms with Gasteiger partial charge in [0.05, 0.1) is 78.1 Å². The van der Waals surface area contributed by atoms with E-state index in [1.807, 2.05) is 22.2 Å². The lowest BCUT2D eigenvalue weighted by Gasteiger charge is -2.32. The number of Topliss-reactive ketones (excluding diaryl/α,β-unsaturated/α-hetero) is 4. The average Bonchev–Trinajstić information content (AvgIpc) is 1.64. The number of rotatable bonds is 22. The zero-order chi connectivity index (χ0) is 99.1. The maximum atomic E-state index is 13.7. The quantitative estimate of drug-likeness (QED) is 0.0459. The number of ketones is 4. The van der Waals surface area contributed by atoms with Gasteiger partial charge in [-0.3, -0.25) is 33.3 Å². The Bertz CT molecular complexity index is 6620. The summed E-state index contributed by atoms with van der Waals surface area (Å²) in [5.41, 5.74) is 8.79. The maximum Gasteiger partial charge on any atom is 0.573 e. The van der Waals surface area contributed by atoms with E-state index in [0.29, 0.717) is 196 Å². The van der Waals surface area contributed by atoms with Gasteiger partial charge in [-0.1, -0.05) is 113 Å². The monoisotopic (exact) mass is 2050 g/mol. The number of carbonyl (C=O) groups is 9. The molecule has 4 amide bonds. The fourth-order valence-corrected chi connectivity index (χ4v) is 21.2. The number of fused-ring (bicyclic) bond motifs is 4. The Labute approximate surface area is 834 Å². The summed E-state index contributed by atoms with van der Waals surface area (Å²) in [5.74, 6) is 0.00497. The van der Waals surface area contributed by atoms with Crippen LogP contribution in [0.15, 0.2) is 163 Å². The molecule has 4 fully saturated rings. The van der Waals surface area contributed by atoms with Crippen molar-refractivity contribution in [3.05, 3.63) is 260 Å². The summed E-state index contributed by atoms with van der Waals surface area (Å²) in [6, 6.07) is 38.2. The lowest BCUT2D eigenvalue weighted by Crippen LogP contribution is -2.40. The third-order valence-corrected chi connectivity index (χ3v) is 29.5. The Morgan fingerprint density at radius 2 is 0.759 bits per heavy atom. The fourth-order valence-electron chi connectivity index (χ4n) is 18.4. The Morgan fingerprint density at radius 3 is 1.14 bits per heavy atom. The van der Waals surface area contributed by atoms with E-state index in [1.54, 1.807) is 109 Å². The van der Waals surface area contributed by atoms with Crippen molar-refractivity contribution in [1.29, 1.82) is 0 Å². The molecule has 0 atom stereocenters. The van der Waals surface area contributed by atoms with Gasteiger partial charge in [0.2, 0.25) is 0 Å². The van der Waals surface area contributed by atoms with Crippen LogP contribution in [0.5, 0.6) is 11.5 Å². The normalized spacial score (nSPS) is 14.9. The number of hydrogen-bond donors (Lipinski definition) is 0. The Hall–Kier alpha value is -10.0. The van der Waals surface area contributed by atoms with Gasteiger partial charge in [0.1, 0.15) is 34.6 Å². The topological polar surface area (TPSA) is 205 Å². The van der Waals surface area contributed by atoms with E-state index >= 15 is 0 Å². The van der Waals surface area contributed by atoms with Gasteiger partial charge in [-0.25, -0.2) is 0 Å². The van der Waals surface area contributed by atoms with Crippen LogP contribution in [-0.2, 0) is 38.8 Å². The highest BCUT2D eigenvalue weighted by Crippen LogP contribution is 2.42. The molecule has 4 aliphatic heterocycles. The maximum absolute atomic E-state index is 13.7. The van der Waals surface area contributed by atoms with Crippen LogP contribution in [0.25, 0.3) is 43.6 Å². The van der Waals surface area contributed by atoms with Gasteiger partial charge < -0.3 is 57.2 Å². The summed E-state index contributed by atoms with van der Waals surface area (Å²) >= 11 is 54.3. The van der Waals surface area contributed by atoms with Gasteiger partial charge in [-0.2, -0.15) is 0 Å². The molecule has 16 rings (SSSR count). The molecule has 8 heterocycles. The number of aryl methyl sites for hydroxylation is 2. The summed E-state index contributed by atoms with van der Waals surface area (Å²) < 4.78 is 91.2. The molecule has 724 valence electrons. The molecule has 8 aromatic carbocycles. The molecule has 0 bridgehead atoms. The van der Waals surface area contributed by atoms with Crippen LogP contribution in [0.3, 0.4) is 0 Å². The van der Waals surface area contributed by atoms with Gasteiger partial charge in [-0.05, 0) is 272 Å². The van der Waals surface area contributed by atoms with Gasteiger partial charge >= 0.3 is 12.7 Å². The highest BCUT2D eigenvalue weighted by molar-refractivity contribution is 7.98. The van der Waals surface area contributed by atoms with Crippen molar-refractivity contribution < 1.29 is 79.0 Å². The van der Waals surface area contributed by atoms with E-state index in [1.165, 1.54) is 76.0 Å². The zero-order valence-corrected chi connectivity index (χ0v) is 83.6. The van der Waals surface area contributed by atoms with Crippen molar-refractivity contribution in [2.75, 3.05) is 58.6 Å². The third kappa shape index (κ3) is 25.4. The number of thioether (sulfide) groups is 1. The second-order valence-electron chi connectivity index (χ2n) is 35.7. The summed E-state index contributed by atoms with van der Waals surface area (Å²) in [6.07, 6.45) is 7.40. The number of ether oxygens (including phenoxy) is 2. The first-order valence-electron chi connectivity index (χ1n) is 44.9. The molecule has 19 nitrogen and oxygen atoms in total. The zero-order valence-electron chi connectivity index (χ0n) is 76.7. The minimum atomic E-state index is -4.86. The molecule has 0 spiro atoms. The molecule has 0 radical (unpaired) electrons. The van der Waals surface area contributed by atoms with Crippen molar-refractivity contribution in [1.82, 2.24) is 37.9 Å². The first-order valence-corrected chi connectivity index (χ1v) is 49.2. The smallest absolute Gasteiger partial charge is 0.406 e. The average molecular weight is 2060 g/mol. The highest BCUT2D eigenvalue weighted by Gasteiger charge is 2.37. The van der Waals surface area contributed by atoms with E-state index in [4.69, 9.17) is 92.8 Å². The SMILES string of the molecule is CC(=O)C1CCN(C(=O)c2ccc(Cl)c(C(=O)n3cc(C)c4cc(OC(F)(F)F)cc(C)c43)c2Cl)CC1.CC(=O)CC1CCN(C(=O)c2ccc(Cl)c(Cn3ccc4cc(C(C)C)ccc43)c2Cl)CC1.CC(=O)CC1CCN(C(=O)c2ccc(Cl)c(Cn3ccc4cc(OC(F)(F)F)ccc43)c2Cl)CC1.CSc1ccc2c(ccn2Cc2c(Cl)ccc(C(=O)N3CCC(CC(C)=O)CC3)c2Cl)c1. The van der Waals surface area contributed by atoms with Gasteiger partial charge in [0.15, 0.2) is 0 Å². The van der Waals surface area contributed by atoms with E-state index < -0.39 is 24.4 Å². The molecule has 34 heteroatoms. The lowest BCUT2D eigenvalue weighted by atomic mass is 9.91. The van der Waals surface area contributed by atoms with Crippen LogP contribution in [0.2, 0.25) is 40.2 Å². The highest BCUT2D eigenvalue weighted by atomic mass is 35.5. The van der Waals surface area contributed by atoms with E-state index in [2.05, 4.69) is 87.2 Å². The molecule has 12 aromatic rings. The standard InChI is InChI=1S/C27H30Cl2N2O2.C26H23Cl2F3N2O4.C25H23Cl2F3N2O3.C25H26Cl2N2O2S/c1-17(2)20-4-7-25-21(15-20)10-13-31(25)16-23-24(28)6-5-22(26(23)29)27(33)30-11-8-19(9-12-30)14-18(3)32;1-13-10-17(37-26(29,30)31)11-19-14(2)12-33(23(13)19)25(36)21-20(27)5-4-18(22(21)28)24(35)32-8-6-16(7-9-32)15(3)34;1-15(33)12-16-6-9-31(10-7-16)24(34)19-3-4-21(26)20(23(19)27)14-32-11-8-17-13-18(2-5-22(17)32)35-25(28,29)30;1-16(30)13-17-7-10-28(11-8-17)25(31)20-4-5-22(26)21(24(20)27)15-29-12-9-18-14-19(32-2)3-6-23(18)29/h4-7,10,13,15,17,19H,8-9,11-12,14,16H2,1-3H3;4-5,10-12,16H,6-9H2,1-3H3;2-5,8,11,13,16H,6-7,9-10,12,14H2,1H3;3-6,9,12,14,17H,7-8,10-11,13,15H2,1-2H3. The molecule has 0 saturated carbocycles. The lowest BCUT2D eigenvalue weighted by molar-refractivity contribution is -0.275. The first-order chi connectivity index (χ1) is 64.9. The van der Waals surface area contributed by atoms with Crippen molar-refractivity contribution in [2.45, 2.75) is 169 Å².